The summed E-state index contributed by atoms with van der Waals surface area (Å²) < 4.78 is 10.6. The van der Waals surface area contributed by atoms with Crippen molar-refractivity contribution in [1.82, 2.24) is 14.9 Å². The lowest BCUT2D eigenvalue weighted by atomic mass is 10.1. The highest BCUT2D eigenvalue weighted by molar-refractivity contribution is 5.83. The van der Waals surface area contributed by atoms with E-state index in [1.165, 1.54) is 0 Å². The number of aliphatic hydroxyl groups is 1. The first-order valence-corrected chi connectivity index (χ1v) is 9.68. The van der Waals surface area contributed by atoms with E-state index in [4.69, 9.17) is 9.47 Å². The molecule has 3 rings (SSSR count). The van der Waals surface area contributed by atoms with Gasteiger partial charge in [0.2, 0.25) is 0 Å². The lowest BCUT2D eigenvalue weighted by Crippen LogP contribution is -2.33. The zero-order valence-electron chi connectivity index (χ0n) is 17.6. The molecule has 1 atom stereocenters. The van der Waals surface area contributed by atoms with E-state index in [0.29, 0.717) is 23.9 Å². The van der Waals surface area contributed by atoms with Crippen molar-refractivity contribution >= 4 is 16.6 Å². The Hall–Kier alpha value is -3.50. The Labute approximate surface area is 176 Å². The number of para-hydroxylation sites is 2. The minimum atomic E-state index is -0.354. The molecule has 3 aromatic rings. The number of aromatic amines is 1. The second kappa shape index (κ2) is 9.33. The number of hydrogen-bond acceptors (Lipinski definition) is 6. The maximum atomic E-state index is 10.8. The van der Waals surface area contributed by atoms with E-state index in [2.05, 4.69) is 16.0 Å². The number of imidazole rings is 1. The van der Waals surface area contributed by atoms with Crippen LogP contribution in [0.3, 0.4) is 0 Å². The number of likely N-dealkylation sites (N-methyl/N-ethyl adjacent to an activating group) is 1. The zero-order valence-corrected chi connectivity index (χ0v) is 17.6. The number of fused-ring (bicyclic) bond motifs is 1. The number of allylic oxidation sites excluding steroid dienone is 1. The van der Waals surface area contributed by atoms with Gasteiger partial charge in [0.25, 0.3) is 0 Å². The van der Waals surface area contributed by atoms with Gasteiger partial charge in [0.1, 0.15) is 17.4 Å². The highest BCUT2D eigenvalue weighted by Gasteiger charge is 2.21. The largest absolute Gasteiger partial charge is 0.509 e. The molecule has 156 valence electrons. The van der Waals surface area contributed by atoms with Gasteiger partial charge in [-0.05, 0) is 50.2 Å². The minimum absolute atomic E-state index is 0.00799. The van der Waals surface area contributed by atoms with Crippen molar-refractivity contribution in [3.8, 4) is 17.6 Å². The van der Waals surface area contributed by atoms with E-state index in [1.807, 2.05) is 61.3 Å². The number of rotatable bonds is 8. The van der Waals surface area contributed by atoms with Gasteiger partial charge >= 0.3 is 0 Å². The molecule has 0 aliphatic rings. The molecule has 0 saturated heterocycles. The number of nitriles is 1. The van der Waals surface area contributed by atoms with Gasteiger partial charge < -0.3 is 19.6 Å². The summed E-state index contributed by atoms with van der Waals surface area (Å²) in [5, 5.41) is 20.4. The molecule has 30 heavy (non-hydrogen) atoms. The molecule has 0 aliphatic carbocycles. The van der Waals surface area contributed by atoms with Gasteiger partial charge in [-0.1, -0.05) is 18.2 Å². The molecule has 0 amide bonds. The first-order chi connectivity index (χ1) is 14.5. The third kappa shape index (κ3) is 4.39. The third-order valence-electron chi connectivity index (χ3n) is 5.25. The highest BCUT2D eigenvalue weighted by Crippen LogP contribution is 2.28. The summed E-state index contributed by atoms with van der Waals surface area (Å²) in [7, 11) is 5.13. The van der Waals surface area contributed by atoms with Gasteiger partial charge in [-0.2, -0.15) is 5.26 Å². The van der Waals surface area contributed by atoms with Gasteiger partial charge in [0, 0.05) is 6.54 Å². The summed E-state index contributed by atoms with van der Waals surface area (Å²) in [5.74, 6) is 1.74. The summed E-state index contributed by atoms with van der Waals surface area (Å²) in [4.78, 5) is 9.53. The number of nitrogens with one attached hydrogen (secondary N) is 1. The SMILES string of the molecule is COc1ccc(CCN(C)[C@@H](C)/C(O)=C(\C#N)c2nc3ccccc3[nH]2)cc1OC. The maximum Gasteiger partial charge on any atom is 0.160 e. The van der Waals surface area contributed by atoms with Crippen LogP contribution in [0.1, 0.15) is 18.3 Å². The van der Waals surface area contributed by atoms with Gasteiger partial charge in [0.15, 0.2) is 17.3 Å². The van der Waals surface area contributed by atoms with Crippen molar-refractivity contribution in [3.63, 3.8) is 0 Å². The first kappa shape index (κ1) is 21.2. The lowest BCUT2D eigenvalue weighted by Gasteiger charge is -2.24. The van der Waals surface area contributed by atoms with Gasteiger partial charge in [-0.3, -0.25) is 4.90 Å². The van der Waals surface area contributed by atoms with Crippen molar-refractivity contribution in [2.75, 3.05) is 27.8 Å². The van der Waals surface area contributed by atoms with Crippen LogP contribution in [0.4, 0.5) is 0 Å². The Kier molecular flexibility index (Phi) is 6.60. The molecular weight excluding hydrogens is 380 g/mol. The number of benzene rings is 2. The van der Waals surface area contributed by atoms with Crippen LogP contribution in [0.25, 0.3) is 16.6 Å². The number of aromatic nitrogens is 2. The highest BCUT2D eigenvalue weighted by atomic mass is 16.5. The van der Waals surface area contributed by atoms with Crippen LogP contribution in [0.15, 0.2) is 48.2 Å². The fraction of sp³-hybridized carbons (Fsp3) is 0.304. The van der Waals surface area contributed by atoms with Crippen molar-refractivity contribution in [3.05, 3.63) is 59.6 Å². The molecule has 1 aromatic heterocycles. The first-order valence-electron chi connectivity index (χ1n) is 9.68. The van der Waals surface area contributed by atoms with E-state index in [0.717, 1.165) is 23.0 Å². The average Bonchev–Trinajstić information content (AvgIpc) is 3.20. The minimum Gasteiger partial charge on any atom is -0.509 e. The monoisotopic (exact) mass is 406 g/mol. The Morgan fingerprint density at radius 3 is 2.60 bits per heavy atom. The Balaban J connectivity index is 1.75. The quantitative estimate of drug-likeness (QED) is 0.435. The molecule has 0 saturated carbocycles. The molecule has 0 aliphatic heterocycles. The Bertz CT molecular complexity index is 1060. The molecule has 0 spiro atoms. The molecular formula is C23H26N4O3. The molecule has 7 nitrogen and oxygen atoms in total. The van der Waals surface area contributed by atoms with Gasteiger partial charge in [0.05, 0.1) is 31.3 Å². The molecule has 1 heterocycles. The Morgan fingerprint density at radius 2 is 1.93 bits per heavy atom. The maximum absolute atomic E-state index is 10.8. The summed E-state index contributed by atoms with van der Waals surface area (Å²) in [6.45, 7) is 2.55. The van der Waals surface area contributed by atoms with Gasteiger partial charge in [-0.25, -0.2) is 4.98 Å². The van der Waals surface area contributed by atoms with Gasteiger partial charge in [-0.15, -0.1) is 0 Å². The molecule has 2 N–H and O–H groups in total. The van der Waals surface area contributed by atoms with E-state index >= 15 is 0 Å². The zero-order chi connectivity index (χ0) is 21.7. The molecule has 0 fully saturated rings. The second-order valence-corrected chi connectivity index (χ2v) is 7.07. The van der Waals surface area contributed by atoms with Crippen molar-refractivity contribution in [1.29, 1.82) is 5.26 Å². The van der Waals surface area contributed by atoms with Crippen molar-refractivity contribution < 1.29 is 14.6 Å². The van der Waals surface area contributed by atoms with Crippen LogP contribution in [0.2, 0.25) is 0 Å². The summed E-state index contributed by atoms with van der Waals surface area (Å²) in [6.07, 6.45) is 0.751. The third-order valence-corrected chi connectivity index (χ3v) is 5.25. The summed E-state index contributed by atoms with van der Waals surface area (Å²) >= 11 is 0. The van der Waals surface area contributed by atoms with E-state index in [1.54, 1.807) is 14.2 Å². The number of aliphatic hydroxyl groups excluding tert-OH is 1. The smallest absolute Gasteiger partial charge is 0.160 e. The van der Waals surface area contributed by atoms with Crippen LogP contribution >= 0.6 is 0 Å². The van der Waals surface area contributed by atoms with Crippen LogP contribution in [0, 0.1) is 11.3 Å². The van der Waals surface area contributed by atoms with E-state index in [-0.39, 0.29) is 17.4 Å². The number of methoxy groups -OCH3 is 2. The van der Waals surface area contributed by atoms with Crippen LogP contribution in [-0.4, -0.2) is 53.8 Å². The lowest BCUT2D eigenvalue weighted by molar-refractivity contribution is 0.225. The normalized spacial score (nSPS) is 13.1. The predicted octanol–water partition coefficient (Wildman–Crippen LogP) is 3.94. The number of H-pyrrole nitrogens is 1. The molecule has 0 unspecified atom stereocenters. The number of hydrogen-bond donors (Lipinski definition) is 2. The van der Waals surface area contributed by atoms with Crippen LogP contribution in [0.5, 0.6) is 11.5 Å². The molecule has 2 aromatic carbocycles. The Morgan fingerprint density at radius 1 is 1.20 bits per heavy atom. The fourth-order valence-electron chi connectivity index (χ4n) is 3.26. The fourth-order valence-corrected chi connectivity index (χ4v) is 3.26. The molecule has 0 radical (unpaired) electrons. The number of ether oxygens (including phenoxy) is 2. The topological polar surface area (TPSA) is 94.4 Å². The van der Waals surface area contributed by atoms with E-state index in [9.17, 15) is 10.4 Å². The summed E-state index contributed by atoms with van der Waals surface area (Å²) in [6, 6.07) is 15.1. The summed E-state index contributed by atoms with van der Waals surface area (Å²) in [5.41, 5.74) is 2.81. The van der Waals surface area contributed by atoms with Crippen molar-refractivity contribution in [2.24, 2.45) is 0 Å². The van der Waals surface area contributed by atoms with E-state index < -0.39 is 0 Å². The molecule has 0 bridgehead atoms. The van der Waals surface area contributed by atoms with Crippen LogP contribution < -0.4 is 9.47 Å². The average molecular weight is 406 g/mol. The van der Waals surface area contributed by atoms with Crippen molar-refractivity contribution in [2.45, 2.75) is 19.4 Å². The number of nitrogens with zero attached hydrogens (tertiary/aromatic N) is 3. The predicted molar refractivity (Wildman–Crippen MR) is 117 cm³/mol. The second-order valence-electron chi connectivity index (χ2n) is 7.07. The molecule has 7 heteroatoms. The van der Waals surface area contributed by atoms with Crippen LogP contribution in [-0.2, 0) is 6.42 Å². The standard InChI is InChI=1S/C23H26N4O3/c1-15(27(2)12-11-16-9-10-20(29-3)21(13-16)30-4)22(28)17(14-24)23-25-18-7-5-6-8-19(18)26-23/h5-10,13,15,28H,11-12H2,1-4H3,(H,25,26)/b22-17-/t15-/m0/s1.